The van der Waals surface area contributed by atoms with Gasteiger partial charge in [0.1, 0.15) is 5.82 Å². The Morgan fingerprint density at radius 2 is 1.76 bits per heavy atom. The number of ether oxygens (including phenoxy) is 2. The number of halogens is 2. The number of hydrogen-bond acceptors (Lipinski definition) is 3. The fraction of sp³-hybridized carbons (Fsp3) is 0.250. The summed E-state index contributed by atoms with van der Waals surface area (Å²) < 4.78 is 23.8. The molecule has 2 aromatic rings. The minimum atomic E-state index is -0.371. The van der Waals surface area contributed by atoms with Crippen LogP contribution in [0.3, 0.4) is 0 Å². The molecule has 0 bridgehead atoms. The van der Waals surface area contributed by atoms with Gasteiger partial charge in [0.05, 0.1) is 14.2 Å². The van der Waals surface area contributed by atoms with Gasteiger partial charge in [-0.15, -0.1) is 0 Å². The van der Waals surface area contributed by atoms with Crippen LogP contribution in [0.1, 0.15) is 18.5 Å². The van der Waals surface area contributed by atoms with Crippen LogP contribution in [-0.2, 0) is 0 Å². The van der Waals surface area contributed by atoms with Crippen molar-refractivity contribution in [2.75, 3.05) is 19.5 Å². The molecule has 21 heavy (non-hydrogen) atoms. The van der Waals surface area contributed by atoms with Crippen molar-refractivity contribution < 1.29 is 13.9 Å². The lowest BCUT2D eigenvalue weighted by Gasteiger charge is -2.18. The van der Waals surface area contributed by atoms with E-state index in [1.165, 1.54) is 12.1 Å². The summed E-state index contributed by atoms with van der Waals surface area (Å²) in [5.74, 6) is 0.952. The fourth-order valence-corrected chi connectivity index (χ4v) is 2.31. The lowest BCUT2D eigenvalue weighted by Crippen LogP contribution is -2.07. The van der Waals surface area contributed by atoms with E-state index < -0.39 is 0 Å². The molecular formula is C16H17ClFNO2. The summed E-state index contributed by atoms with van der Waals surface area (Å²) in [6, 6.07) is 9.98. The minimum Gasteiger partial charge on any atom is -0.493 e. The quantitative estimate of drug-likeness (QED) is 0.870. The maximum atomic E-state index is 13.3. The Bertz CT molecular complexity index is 613. The molecule has 2 aromatic carbocycles. The molecule has 0 heterocycles. The molecule has 0 radical (unpaired) electrons. The molecule has 1 atom stereocenters. The molecule has 0 aliphatic carbocycles. The molecule has 3 nitrogen and oxygen atoms in total. The number of nitrogens with one attached hydrogen (secondary N) is 1. The van der Waals surface area contributed by atoms with Crippen LogP contribution in [-0.4, -0.2) is 14.2 Å². The van der Waals surface area contributed by atoms with E-state index in [-0.39, 0.29) is 11.9 Å². The largest absolute Gasteiger partial charge is 0.493 e. The highest BCUT2D eigenvalue weighted by Gasteiger charge is 2.11. The molecule has 2 rings (SSSR count). The Morgan fingerprint density at radius 3 is 2.38 bits per heavy atom. The third-order valence-corrected chi connectivity index (χ3v) is 3.37. The van der Waals surface area contributed by atoms with Gasteiger partial charge >= 0.3 is 0 Å². The van der Waals surface area contributed by atoms with Gasteiger partial charge in [-0.3, -0.25) is 0 Å². The summed E-state index contributed by atoms with van der Waals surface area (Å²) in [5.41, 5.74) is 1.62. The summed E-state index contributed by atoms with van der Waals surface area (Å²) in [6.45, 7) is 1.97. The summed E-state index contributed by atoms with van der Waals surface area (Å²) in [7, 11) is 3.18. The Labute approximate surface area is 128 Å². The van der Waals surface area contributed by atoms with E-state index in [0.29, 0.717) is 22.2 Å². The molecule has 1 unspecified atom stereocenters. The Morgan fingerprint density at radius 1 is 1.05 bits per heavy atom. The van der Waals surface area contributed by atoms with Crippen molar-refractivity contribution in [1.82, 2.24) is 0 Å². The molecule has 0 aliphatic rings. The summed E-state index contributed by atoms with van der Waals surface area (Å²) in [6.07, 6.45) is 0. The van der Waals surface area contributed by atoms with Gasteiger partial charge in [-0.25, -0.2) is 4.39 Å². The first kappa shape index (κ1) is 15.4. The molecule has 0 amide bonds. The van der Waals surface area contributed by atoms with Gasteiger partial charge < -0.3 is 14.8 Å². The lowest BCUT2D eigenvalue weighted by molar-refractivity contribution is 0.354. The Balaban J connectivity index is 2.21. The number of hydrogen-bond donors (Lipinski definition) is 1. The molecule has 0 aliphatic heterocycles. The van der Waals surface area contributed by atoms with Crippen LogP contribution in [0, 0.1) is 5.82 Å². The summed E-state index contributed by atoms with van der Waals surface area (Å²) in [5, 5.41) is 3.57. The molecule has 0 spiro atoms. The van der Waals surface area contributed by atoms with Crippen molar-refractivity contribution in [3.63, 3.8) is 0 Å². The Hall–Kier alpha value is -1.94. The second-order valence-electron chi connectivity index (χ2n) is 4.64. The number of methoxy groups -OCH3 is 2. The maximum Gasteiger partial charge on any atom is 0.161 e. The third kappa shape index (κ3) is 3.79. The summed E-state index contributed by atoms with van der Waals surface area (Å²) >= 11 is 5.85. The van der Waals surface area contributed by atoms with Crippen LogP contribution < -0.4 is 14.8 Å². The number of anilines is 1. The van der Waals surface area contributed by atoms with E-state index in [4.69, 9.17) is 21.1 Å². The monoisotopic (exact) mass is 309 g/mol. The SMILES string of the molecule is COc1ccc(C(C)Nc2cc(F)cc(Cl)c2)cc1OC. The molecule has 0 saturated carbocycles. The highest BCUT2D eigenvalue weighted by Crippen LogP contribution is 2.31. The Kier molecular flexibility index (Phi) is 4.91. The van der Waals surface area contributed by atoms with E-state index in [2.05, 4.69) is 5.32 Å². The second kappa shape index (κ2) is 6.68. The average molecular weight is 310 g/mol. The van der Waals surface area contributed by atoms with Crippen molar-refractivity contribution in [1.29, 1.82) is 0 Å². The maximum absolute atomic E-state index is 13.3. The molecule has 5 heteroatoms. The normalized spacial score (nSPS) is 11.9. The first-order valence-electron chi connectivity index (χ1n) is 6.48. The zero-order valence-corrected chi connectivity index (χ0v) is 12.9. The van der Waals surface area contributed by atoms with E-state index in [1.807, 2.05) is 25.1 Å². The average Bonchev–Trinajstić information content (AvgIpc) is 2.45. The van der Waals surface area contributed by atoms with Crippen molar-refractivity contribution in [3.05, 3.63) is 52.8 Å². The van der Waals surface area contributed by atoms with Gasteiger partial charge in [-0.05, 0) is 42.8 Å². The van der Waals surface area contributed by atoms with Gasteiger partial charge in [0.25, 0.3) is 0 Å². The second-order valence-corrected chi connectivity index (χ2v) is 5.08. The smallest absolute Gasteiger partial charge is 0.161 e. The van der Waals surface area contributed by atoms with Crippen LogP contribution in [0.5, 0.6) is 11.5 Å². The number of rotatable bonds is 5. The number of benzene rings is 2. The predicted molar refractivity (Wildman–Crippen MR) is 83.0 cm³/mol. The molecule has 0 aromatic heterocycles. The fourth-order valence-electron chi connectivity index (χ4n) is 2.09. The van der Waals surface area contributed by atoms with Gasteiger partial charge in [0, 0.05) is 16.8 Å². The molecular weight excluding hydrogens is 293 g/mol. The lowest BCUT2D eigenvalue weighted by atomic mass is 10.1. The standard InChI is InChI=1S/C16H17ClFNO2/c1-10(19-14-8-12(17)7-13(18)9-14)11-4-5-15(20-2)16(6-11)21-3/h4-10,19H,1-3H3. The van der Waals surface area contributed by atoms with Gasteiger partial charge in [0.2, 0.25) is 0 Å². The molecule has 0 saturated heterocycles. The molecule has 1 N–H and O–H groups in total. The molecule has 0 fully saturated rings. The van der Waals surface area contributed by atoms with Gasteiger partial charge in [-0.2, -0.15) is 0 Å². The van der Waals surface area contributed by atoms with Crippen LogP contribution >= 0.6 is 11.6 Å². The summed E-state index contributed by atoms with van der Waals surface area (Å²) in [4.78, 5) is 0. The van der Waals surface area contributed by atoms with Crippen molar-refractivity contribution >= 4 is 17.3 Å². The first-order chi connectivity index (χ1) is 10.0. The zero-order chi connectivity index (χ0) is 15.4. The highest BCUT2D eigenvalue weighted by atomic mass is 35.5. The third-order valence-electron chi connectivity index (χ3n) is 3.15. The topological polar surface area (TPSA) is 30.5 Å². The van der Waals surface area contributed by atoms with Crippen LogP contribution in [0.2, 0.25) is 5.02 Å². The minimum absolute atomic E-state index is 0.0392. The van der Waals surface area contributed by atoms with Crippen molar-refractivity contribution in [2.24, 2.45) is 0 Å². The van der Waals surface area contributed by atoms with Crippen molar-refractivity contribution in [2.45, 2.75) is 13.0 Å². The van der Waals surface area contributed by atoms with E-state index >= 15 is 0 Å². The van der Waals surface area contributed by atoms with Gasteiger partial charge in [0.15, 0.2) is 11.5 Å². The van der Waals surface area contributed by atoms with E-state index in [9.17, 15) is 4.39 Å². The first-order valence-corrected chi connectivity index (χ1v) is 6.86. The molecule has 112 valence electrons. The van der Waals surface area contributed by atoms with Crippen LogP contribution in [0.25, 0.3) is 0 Å². The van der Waals surface area contributed by atoms with Crippen molar-refractivity contribution in [3.8, 4) is 11.5 Å². The van der Waals surface area contributed by atoms with E-state index in [1.54, 1.807) is 20.3 Å². The van der Waals surface area contributed by atoms with E-state index in [0.717, 1.165) is 5.56 Å². The van der Waals surface area contributed by atoms with Gasteiger partial charge in [-0.1, -0.05) is 17.7 Å². The zero-order valence-electron chi connectivity index (χ0n) is 12.1. The highest BCUT2D eigenvalue weighted by molar-refractivity contribution is 6.30. The predicted octanol–water partition coefficient (Wildman–Crippen LogP) is 4.67. The van der Waals surface area contributed by atoms with Crippen LogP contribution in [0.4, 0.5) is 10.1 Å². The van der Waals surface area contributed by atoms with Crippen LogP contribution in [0.15, 0.2) is 36.4 Å².